The predicted molar refractivity (Wildman–Crippen MR) is 125 cm³/mol. The van der Waals surface area contributed by atoms with Gasteiger partial charge in [0.15, 0.2) is 5.82 Å². The number of nitrogens with zero attached hydrogens (tertiary/aromatic N) is 7. The molecule has 5 aromatic rings. The van der Waals surface area contributed by atoms with Crippen molar-refractivity contribution in [1.82, 2.24) is 35.2 Å². The molecule has 0 saturated carbocycles. The molecule has 0 unspecified atom stereocenters. The molecule has 0 aliphatic carbocycles. The molecular formula is C25H21N7O2. The van der Waals surface area contributed by atoms with Crippen LogP contribution in [0.5, 0.6) is 0 Å². The summed E-state index contributed by atoms with van der Waals surface area (Å²) in [6, 6.07) is 19.1. The van der Waals surface area contributed by atoms with E-state index in [1.54, 1.807) is 6.07 Å². The van der Waals surface area contributed by atoms with E-state index in [-0.39, 0.29) is 11.8 Å². The van der Waals surface area contributed by atoms with E-state index in [0.29, 0.717) is 48.3 Å². The maximum absolute atomic E-state index is 13.0. The van der Waals surface area contributed by atoms with Crippen LogP contribution in [0.3, 0.4) is 0 Å². The highest BCUT2D eigenvalue weighted by Crippen LogP contribution is 2.23. The van der Waals surface area contributed by atoms with Crippen LogP contribution in [0.25, 0.3) is 33.7 Å². The Morgan fingerprint density at radius 2 is 1.62 bits per heavy atom. The third-order valence-electron chi connectivity index (χ3n) is 6.21. The number of carbonyl (C=O) groups excluding carboxylic acids is 1. The van der Waals surface area contributed by atoms with Crippen LogP contribution in [0.15, 0.2) is 65.2 Å². The minimum Gasteiger partial charge on any atom is -0.337 e. The summed E-state index contributed by atoms with van der Waals surface area (Å²) in [7, 11) is 0. The fourth-order valence-electron chi connectivity index (χ4n) is 4.34. The molecule has 168 valence electrons. The lowest BCUT2D eigenvalue weighted by molar-refractivity contribution is 0.0684. The van der Waals surface area contributed by atoms with Crippen LogP contribution in [0.2, 0.25) is 0 Å². The molecule has 0 N–H and O–H groups in total. The molecule has 4 heterocycles. The lowest BCUT2D eigenvalue weighted by atomic mass is 9.93. The normalized spacial score (nSPS) is 14.6. The van der Waals surface area contributed by atoms with Gasteiger partial charge in [0.05, 0.1) is 11.0 Å². The highest BCUT2D eigenvalue weighted by molar-refractivity contribution is 5.95. The zero-order valence-corrected chi connectivity index (χ0v) is 18.3. The van der Waals surface area contributed by atoms with Crippen LogP contribution < -0.4 is 0 Å². The molecular weight excluding hydrogens is 430 g/mol. The summed E-state index contributed by atoms with van der Waals surface area (Å²) in [5, 5.41) is 13.4. The number of rotatable bonds is 4. The van der Waals surface area contributed by atoms with Crippen LogP contribution in [0.4, 0.5) is 0 Å². The summed E-state index contributed by atoms with van der Waals surface area (Å²) < 4.78 is 5.39. The Labute approximate surface area is 194 Å². The van der Waals surface area contributed by atoms with Crippen molar-refractivity contribution in [2.75, 3.05) is 13.1 Å². The van der Waals surface area contributed by atoms with Gasteiger partial charge in [-0.3, -0.25) is 4.79 Å². The molecule has 1 aliphatic heterocycles. The molecule has 0 radical (unpaired) electrons. The van der Waals surface area contributed by atoms with Gasteiger partial charge in [0.1, 0.15) is 11.2 Å². The Balaban J connectivity index is 1.09. The molecule has 1 saturated heterocycles. The number of likely N-dealkylation sites (tertiary alicyclic amines) is 1. The number of piperidine rings is 1. The molecule has 0 bridgehead atoms. The number of hydrogen-bond acceptors (Lipinski definition) is 8. The number of hydrogen-bond donors (Lipinski definition) is 0. The van der Waals surface area contributed by atoms with Gasteiger partial charge in [-0.05, 0) is 43.0 Å². The topological polar surface area (TPSA) is 111 Å². The first-order valence-corrected chi connectivity index (χ1v) is 11.3. The van der Waals surface area contributed by atoms with Crippen molar-refractivity contribution in [1.29, 1.82) is 0 Å². The first-order chi connectivity index (χ1) is 16.7. The monoisotopic (exact) mass is 451 g/mol. The Kier molecular flexibility index (Phi) is 5.14. The van der Waals surface area contributed by atoms with E-state index in [1.807, 2.05) is 59.5 Å². The number of amides is 1. The zero-order chi connectivity index (χ0) is 22.9. The summed E-state index contributed by atoms with van der Waals surface area (Å²) in [5.74, 6) is 1.55. The smallest absolute Gasteiger partial charge is 0.297 e. The Hall–Kier alpha value is -4.27. The molecule has 9 nitrogen and oxygen atoms in total. The number of para-hydroxylation sites is 2. The van der Waals surface area contributed by atoms with Crippen molar-refractivity contribution in [3.05, 3.63) is 72.2 Å². The minimum absolute atomic E-state index is 0.0213. The Bertz CT molecular complexity index is 1490. The molecule has 1 fully saturated rings. The minimum atomic E-state index is -0.0213. The van der Waals surface area contributed by atoms with Gasteiger partial charge in [-0.2, -0.15) is 4.98 Å². The van der Waals surface area contributed by atoms with Gasteiger partial charge in [-0.25, -0.2) is 9.97 Å². The van der Waals surface area contributed by atoms with Crippen molar-refractivity contribution in [3.63, 3.8) is 0 Å². The van der Waals surface area contributed by atoms with E-state index in [0.717, 1.165) is 29.3 Å². The summed E-state index contributed by atoms with van der Waals surface area (Å²) in [6.07, 6.45) is 2.43. The number of carbonyl (C=O) groups is 1. The molecule has 3 aromatic heterocycles. The van der Waals surface area contributed by atoms with Crippen LogP contribution in [0, 0.1) is 5.92 Å². The first-order valence-electron chi connectivity index (χ1n) is 11.3. The van der Waals surface area contributed by atoms with Crippen LogP contribution >= 0.6 is 0 Å². The Morgan fingerprint density at radius 3 is 2.47 bits per heavy atom. The average molecular weight is 451 g/mol. The number of benzene rings is 2. The SMILES string of the molecule is O=C(c1ccc2ccccc2n1)N1CCC(Cc2noc(-c3nnc4ccccc4n3)n2)CC1. The lowest BCUT2D eigenvalue weighted by Crippen LogP contribution is -2.39. The fourth-order valence-corrected chi connectivity index (χ4v) is 4.34. The van der Waals surface area contributed by atoms with E-state index < -0.39 is 0 Å². The maximum Gasteiger partial charge on any atom is 0.297 e. The second-order valence-electron chi connectivity index (χ2n) is 8.47. The van der Waals surface area contributed by atoms with E-state index in [4.69, 9.17) is 4.52 Å². The second-order valence-corrected chi connectivity index (χ2v) is 8.47. The predicted octanol–water partition coefficient (Wildman–Crippen LogP) is 3.72. The third-order valence-corrected chi connectivity index (χ3v) is 6.21. The third kappa shape index (κ3) is 3.96. The fraction of sp³-hybridized carbons (Fsp3) is 0.240. The number of pyridine rings is 1. The van der Waals surface area contributed by atoms with Crippen molar-refractivity contribution in [2.45, 2.75) is 19.3 Å². The largest absolute Gasteiger partial charge is 0.337 e. The lowest BCUT2D eigenvalue weighted by Gasteiger charge is -2.31. The Morgan fingerprint density at radius 1 is 0.853 bits per heavy atom. The van der Waals surface area contributed by atoms with Gasteiger partial charge in [-0.15, -0.1) is 10.2 Å². The maximum atomic E-state index is 13.0. The second kappa shape index (κ2) is 8.58. The van der Waals surface area contributed by atoms with Crippen molar-refractivity contribution < 1.29 is 9.32 Å². The van der Waals surface area contributed by atoms with Crippen molar-refractivity contribution >= 4 is 27.8 Å². The summed E-state index contributed by atoms with van der Waals surface area (Å²) in [5.41, 5.74) is 2.77. The standard InChI is InChI=1S/C25H21N7O2/c33-25(21-10-9-17-5-1-2-6-18(17)26-21)32-13-11-16(12-14-32)15-22-28-24(34-31-22)23-27-19-7-3-4-8-20(19)29-30-23/h1-10,16H,11-15H2. The molecule has 0 spiro atoms. The van der Waals surface area contributed by atoms with E-state index in [1.165, 1.54) is 0 Å². The van der Waals surface area contributed by atoms with Crippen LogP contribution in [-0.4, -0.2) is 54.2 Å². The van der Waals surface area contributed by atoms with E-state index in [2.05, 4.69) is 30.3 Å². The van der Waals surface area contributed by atoms with Crippen LogP contribution in [0.1, 0.15) is 29.2 Å². The number of fused-ring (bicyclic) bond motifs is 2. The molecule has 34 heavy (non-hydrogen) atoms. The molecule has 6 rings (SSSR count). The van der Waals surface area contributed by atoms with Gasteiger partial charge >= 0.3 is 0 Å². The first kappa shape index (κ1) is 20.3. The van der Waals surface area contributed by atoms with Crippen LogP contribution in [-0.2, 0) is 6.42 Å². The average Bonchev–Trinajstić information content (AvgIpc) is 3.36. The molecule has 1 amide bonds. The molecule has 1 aliphatic rings. The highest BCUT2D eigenvalue weighted by Gasteiger charge is 2.26. The van der Waals surface area contributed by atoms with Crippen molar-refractivity contribution in [3.8, 4) is 11.7 Å². The summed E-state index contributed by atoms with van der Waals surface area (Å²) in [6.45, 7) is 1.36. The number of aromatic nitrogens is 6. The summed E-state index contributed by atoms with van der Waals surface area (Å²) >= 11 is 0. The molecule has 0 atom stereocenters. The van der Waals surface area contributed by atoms with E-state index >= 15 is 0 Å². The van der Waals surface area contributed by atoms with Gasteiger partial charge in [0.25, 0.3) is 11.8 Å². The van der Waals surface area contributed by atoms with Gasteiger partial charge in [0.2, 0.25) is 5.82 Å². The summed E-state index contributed by atoms with van der Waals surface area (Å²) in [4.78, 5) is 28.3. The molecule has 9 heteroatoms. The van der Waals surface area contributed by atoms with Gasteiger partial charge in [-0.1, -0.05) is 41.6 Å². The van der Waals surface area contributed by atoms with Crippen molar-refractivity contribution in [2.24, 2.45) is 5.92 Å². The van der Waals surface area contributed by atoms with Gasteiger partial charge < -0.3 is 9.42 Å². The molecule has 2 aromatic carbocycles. The quantitative estimate of drug-likeness (QED) is 0.407. The highest BCUT2D eigenvalue weighted by atomic mass is 16.5. The zero-order valence-electron chi connectivity index (χ0n) is 18.3. The van der Waals surface area contributed by atoms with Gasteiger partial charge in [0, 0.05) is 24.9 Å². The van der Waals surface area contributed by atoms with E-state index in [9.17, 15) is 4.79 Å².